The van der Waals surface area contributed by atoms with Gasteiger partial charge < -0.3 is 20.4 Å². The summed E-state index contributed by atoms with van der Waals surface area (Å²) in [5.74, 6) is 0.433. The first-order valence-electron chi connectivity index (χ1n) is 14.2. The molecule has 2 N–H and O–H groups in total. The fourth-order valence-electron chi connectivity index (χ4n) is 4.00. The Morgan fingerprint density at radius 3 is 2.82 bits per heavy atom. The average Bonchev–Trinajstić information content (AvgIpc) is 3.31. The Labute approximate surface area is 213 Å². The number of carbonyl (C=O) groups excluding carboxylic acids is 1. The Morgan fingerprint density at radius 2 is 2.12 bits per heavy atom. The first-order chi connectivity index (χ1) is 18.7. The first-order valence-corrected chi connectivity index (χ1v) is 12.0. The van der Waals surface area contributed by atoms with Crippen molar-refractivity contribution in [2.75, 3.05) is 25.8 Å². The van der Waals surface area contributed by atoms with Crippen LogP contribution in [0.25, 0.3) is 0 Å². The van der Waals surface area contributed by atoms with Crippen molar-refractivity contribution in [3.05, 3.63) is 69.4 Å². The summed E-state index contributed by atoms with van der Waals surface area (Å²) in [6.45, 7) is -0.135. The second-order valence-corrected chi connectivity index (χ2v) is 9.45. The number of aromatic nitrogens is 3. The van der Waals surface area contributed by atoms with Crippen LogP contribution in [0.1, 0.15) is 61.7 Å². The third kappa shape index (κ3) is 5.71. The SMILES string of the molecule is [2H]C([2H])([2H])N(C[C@@H](NC(=O)N1Cc2nc(NC(C)c3nc(C)cs3)ncc2C[C@H]1C)c1ccccc1)C([2H])([2H])[2H]. The van der Waals surface area contributed by atoms with Crippen molar-refractivity contribution in [3.63, 3.8) is 0 Å². The number of benzene rings is 1. The van der Waals surface area contributed by atoms with Crippen molar-refractivity contribution >= 4 is 23.3 Å². The van der Waals surface area contributed by atoms with E-state index in [1.54, 1.807) is 52.8 Å². The standard InChI is InChI=1S/C25H33N7OS/c1-16-15-34-23(27-16)18(3)28-24-26-12-20-11-17(2)32(14-22(20)29-24)25(33)30-21(13-31(4)5)19-9-7-6-8-10-19/h6-10,12,15,17-18,21H,11,13-14H2,1-5H3,(H,30,33)(H,26,28,29)/t17-,18?,21-/m1/s1/i4D3,5D3. The number of nitrogens with zero attached hydrogens (tertiary/aromatic N) is 5. The minimum absolute atomic E-state index is 0.0929. The minimum atomic E-state index is -2.88. The van der Waals surface area contributed by atoms with Crippen molar-refractivity contribution in [1.82, 2.24) is 30.1 Å². The first kappa shape index (κ1) is 17.4. The van der Waals surface area contributed by atoms with Gasteiger partial charge in [0.15, 0.2) is 0 Å². The van der Waals surface area contributed by atoms with Gasteiger partial charge in [-0.25, -0.2) is 19.7 Å². The number of anilines is 1. The Balaban J connectivity index is 1.53. The summed E-state index contributed by atoms with van der Waals surface area (Å²) >= 11 is 1.56. The van der Waals surface area contributed by atoms with Crippen LogP contribution in [0.3, 0.4) is 0 Å². The van der Waals surface area contributed by atoms with Gasteiger partial charge in [-0.05, 0) is 52.3 Å². The van der Waals surface area contributed by atoms with E-state index in [4.69, 9.17) is 8.22 Å². The number of thiazole rings is 1. The zero-order chi connectivity index (χ0) is 29.2. The van der Waals surface area contributed by atoms with E-state index in [0.717, 1.165) is 16.3 Å². The fourth-order valence-corrected chi connectivity index (χ4v) is 4.80. The molecular formula is C25H33N7OS. The average molecular weight is 486 g/mol. The van der Waals surface area contributed by atoms with Crippen LogP contribution >= 0.6 is 11.3 Å². The molecule has 34 heavy (non-hydrogen) atoms. The Kier molecular flexibility index (Phi) is 5.37. The van der Waals surface area contributed by atoms with Crippen LogP contribution < -0.4 is 10.6 Å². The van der Waals surface area contributed by atoms with Gasteiger partial charge in [0.25, 0.3) is 0 Å². The van der Waals surface area contributed by atoms with Gasteiger partial charge in [0.05, 0.1) is 24.3 Å². The lowest BCUT2D eigenvalue weighted by atomic mass is 10.0. The normalized spacial score (nSPS) is 20.6. The van der Waals surface area contributed by atoms with Gasteiger partial charge in [-0.3, -0.25) is 0 Å². The number of aryl methyl sites for hydroxylation is 1. The number of fused-ring (bicyclic) bond motifs is 1. The highest BCUT2D eigenvalue weighted by Gasteiger charge is 2.30. The molecule has 0 radical (unpaired) electrons. The maximum atomic E-state index is 13.6. The number of nitrogens with one attached hydrogen (secondary N) is 2. The third-order valence-corrected chi connectivity index (χ3v) is 6.95. The van der Waals surface area contributed by atoms with Crippen LogP contribution in [-0.4, -0.2) is 57.3 Å². The van der Waals surface area contributed by atoms with E-state index >= 15 is 0 Å². The topological polar surface area (TPSA) is 86.3 Å². The van der Waals surface area contributed by atoms with Gasteiger partial charge in [-0.2, -0.15) is 0 Å². The van der Waals surface area contributed by atoms with Gasteiger partial charge in [0, 0.05) is 38.1 Å². The maximum Gasteiger partial charge on any atom is 0.318 e. The van der Waals surface area contributed by atoms with Crippen molar-refractivity contribution in [2.24, 2.45) is 0 Å². The number of carbonyl (C=O) groups is 1. The molecule has 8 nitrogen and oxygen atoms in total. The lowest BCUT2D eigenvalue weighted by Gasteiger charge is -2.35. The summed E-state index contributed by atoms with van der Waals surface area (Å²) in [5, 5.41) is 9.07. The van der Waals surface area contributed by atoms with E-state index in [-0.39, 0.29) is 18.6 Å². The zero-order valence-corrected chi connectivity index (χ0v) is 20.3. The summed E-state index contributed by atoms with van der Waals surface area (Å²) in [6, 6.07) is 7.15. The summed E-state index contributed by atoms with van der Waals surface area (Å²) in [5.41, 5.74) is 3.19. The van der Waals surface area contributed by atoms with E-state index in [1.807, 2.05) is 26.2 Å². The molecule has 4 rings (SSSR count). The molecule has 2 aromatic heterocycles. The monoisotopic (exact) mass is 485 g/mol. The maximum absolute atomic E-state index is 13.6. The number of hydrogen-bond donors (Lipinski definition) is 2. The summed E-state index contributed by atoms with van der Waals surface area (Å²) in [6.07, 6.45) is 2.31. The molecule has 0 aliphatic carbocycles. The van der Waals surface area contributed by atoms with E-state index in [1.165, 1.54) is 0 Å². The molecule has 0 saturated heterocycles. The van der Waals surface area contributed by atoms with Crippen molar-refractivity contribution in [2.45, 2.75) is 51.9 Å². The molecule has 3 atom stereocenters. The fraction of sp³-hybridized carbons (Fsp3) is 0.440. The molecule has 1 aliphatic heterocycles. The van der Waals surface area contributed by atoms with Gasteiger partial charge in [0.2, 0.25) is 5.95 Å². The van der Waals surface area contributed by atoms with Crippen molar-refractivity contribution in [3.8, 4) is 0 Å². The van der Waals surface area contributed by atoms with Crippen LogP contribution in [0, 0.1) is 6.92 Å². The van der Waals surface area contributed by atoms with Gasteiger partial charge in [-0.15, -0.1) is 11.3 Å². The van der Waals surface area contributed by atoms with E-state index in [9.17, 15) is 4.79 Å². The van der Waals surface area contributed by atoms with Crippen LogP contribution in [0.15, 0.2) is 41.9 Å². The molecule has 3 heterocycles. The molecule has 1 aliphatic rings. The molecule has 0 spiro atoms. The molecular weight excluding hydrogens is 446 g/mol. The summed E-state index contributed by atoms with van der Waals surface area (Å²) in [7, 11) is 0. The quantitative estimate of drug-likeness (QED) is 0.522. The predicted octanol–water partition coefficient (Wildman–Crippen LogP) is 4.17. The highest BCUT2D eigenvalue weighted by Crippen LogP contribution is 2.25. The molecule has 180 valence electrons. The summed E-state index contributed by atoms with van der Waals surface area (Å²) in [4.78, 5) is 29.3. The van der Waals surface area contributed by atoms with Crippen molar-refractivity contribution < 1.29 is 13.0 Å². The number of urea groups is 1. The summed E-state index contributed by atoms with van der Waals surface area (Å²) < 4.78 is 46.6. The molecule has 0 fully saturated rings. The predicted molar refractivity (Wildman–Crippen MR) is 136 cm³/mol. The molecule has 3 aromatic rings. The molecule has 9 heteroatoms. The van der Waals surface area contributed by atoms with Crippen LogP contribution in [-0.2, 0) is 13.0 Å². The molecule has 2 amide bonds. The highest BCUT2D eigenvalue weighted by molar-refractivity contribution is 7.09. The zero-order valence-electron chi connectivity index (χ0n) is 25.4. The molecule has 1 unspecified atom stereocenters. The third-order valence-electron chi connectivity index (χ3n) is 5.80. The number of amides is 2. The Hall–Kier alpha value is -3.04. The van der Waals surface area contributed by atoms with E-state index in [0.29, 0.717) is 28.5 Å². The lowest BCUT2D eigenvalue weighted by molar-refractivity contribution is 0.161. The lowest BCUT2D eigenvalue weighted by Crippen LogP contribution is -2.50. The number of likely N-dealkylation sites (N-methyl/N-ethyl adjacent to an activating group) is 1. The largest absolute Gasteiger partial charge is 0.345 e. The van der Waals surface area contributed by atoms with Crippen LogP contribution in [0.5, 0.6) is 0 Å². The van der Waals surface area contributed by atoms with Crippen LogP contribution in [0.2, 0.25) is 0 Å². The number of hydrogen-bond acceptors (Lipinski definition) is 7. The Morgan fingerprint density at radius 1 is 1.32 bits per heavy atom. The van der Waals surface area contributed by atoms with E-state index < -0.39 is 32.6 Å². The second kappa shape index (κ2) is 10.5. The van der Waals surface area contributed by atoms with Gasteiger partial charge >= 0.3 is 6.03 Å². The molecule has 0 saturated carbocycles. The molecule has 0 bridgehead atoms. The van der Waals surface area contributed by atoms with Crippen molar-refractivity contribution in [1.29, 1.82) is 0 Å². The Bertz CT molecular complexity index is 1300. The second-order valence-electron chi connectivity index (χ2n) is 8.56. The van der Waals surface area contributed by atoms with E-state index in [2.05, 4.69) is 25.6 Å². The highest BCUT2D eigenvalue weighted by atomic mass is 32.1. The van der Waals surface area contributed by atoms with Gasteiger partial charge in [-0.1, -0.05) is 30.3 Å². The molecule has 1 aromatic carbocycles. The van der Waals surface area contributed by atoms with Gasteiger partial charge in [0.1, 0.15) is 5.01 Å². The smallest absolute Gasteiger partial charge is 0.318 e. The number of rotatable bonds is 7. The van der Waals surface area contributed by atoms with Crippen LogP contribution in [0.4, 0.5) is 10.7 Å². The minimum Gasteiger partial charge on any atom is -0.345 e.